The van der Waals surface area contributed by atoms with E-state index in [0.29, 0.717) is 31.3 Å². The zero-order chi connectivity index (χ0) is 21.5. The van der Waals surface area contributed by atoms with Gasteiger partial charge in [0, 0.05) is 24.4 Å². The topological polar surface area (TPSA) is 73.6 Å². The third kappa shape index (κ3) is 5.82. The maximum Gasteiger partial charge on any atom is 0.269 e. The Hall–Kier alpha value is -2.88. The lowest BCUT2D eigenvalue weighted by Gasteiger charge is -2.16. The molecule has 0 atom stereocenters. The molecule has 30 heavy (non-hydrogen) atoms. The number of hydrogen-bond donors (Lipinski definition) is 1. The van der Waals surface area contributed by atoms with Crippen molar-refractivity contribution in [3.63, 3.8) is 0 Å². The number of benzene rings is 3. The molecule has 6 nitrogen and oxygen atoms in total. The molecule has 0 spiro atoms. The van der Waals surface area contributed by atoms with Gasteiger partial charge in [-0.1, -0.05) is 12.1 Å². The smallest absolute Gasteiger partial charge is 0.269 e. The number of non-ortho nitro benzene ring substituents is 1. The zero-order valence-electron chi connectivity index (χ0n) is 16.2. The molecule has 156 valence electrons. The summed E-state index contributed by atoms with van der Waals surface area (Å²) >= 11 is 2.20. The van der Waals surface area contributed by atoms with E-state index in [2.05, 4.69) is 27.9 Å². The van der Waals surface area contributed by atoms with Crippen molar-refractivity contribution < 1.29 is 18.8 Å². The van der Waals surface area contributed by atoms with E-state index in [-0.39, 0.29) is 11.5 Å². The molecular weight excluding hydrogens is 502 g/mol. The number of anilines is 1. The van der Waals surface area contributed by atoms with Crippen LogP contribution >= 0.6 is 22.6 Å². The van der Waals surface area contributed by atoms with Gasteiger partial charge in [-0.15, -0.1) is 0 Å². The molecule has 0 saturated heterocycles. The Labute approximate surface area is 187 Å². The molecule has 0 unspecified atom stereocenters. The first-order valence-electron chi connectivity index (χ1n) is 9.27. The number of halogens is 2. The molecule has 3 rings (SSSR count). The molecule has 0 amide bonds. The van der Waals surface area contributed by atoms with Crippen LogP contribution in [-0.2, 0) is 13.2 Å². The fourth-order valence-electron chi connectivity index (χ4n) is 2.77. The highest BCUT2D eigenvalue weighted by Gasteiger charge is 2.13. The SMILES string of the molecule is CCOc1cc(CNc2ccc([N+](=O)[O-])cc2)cc(I)c1OCc1ccc(F)cc1. The standard InChI is InChI=1S/C22H20FIN2O4/c1-2-29-21-12-16(13-25-18-7-9-19(10-8-18)26(27)28)11-20(24)22(21)30-14-15-3-5-17(23)6-4-15/h3-12,25H,2,13-14H2,1H3. The second-order valence-electron chi connectivity index (χ2n) is 6.41. The monoisotopic (exact) mass is 522 g/mol. The van der Waals surface area contributed by atoms with Gasteiger partial charge in [-0.3, -0.25) is 10.1 Å². The van der Waals surface area contributed by atoms with Crippen LogP contribution < -0.4 is 14.8 Å². The average molecular weight is 522 g/mol. The highest BCUT2D eigenvalue weighted by Crippen LogP contribution is 2.35. The number of nitro benzene ring substituents is 1. The summed E-state index contributed by atoms with van der Waals surface area (Å²) in [7, 11) is 0. The minimum absolute atomic E-state index is 0.0522. The summed E-state index contributed by atoms with van der Waals surface area (Å²) in [6, 6.07) is 16.3. The van der Waals surface area contributed by atoms with Crippen LogP contribution in [0.1, 0.15) is 18.1 Å². The van der Waals surface area contributed by atoms with Crippen molar-refractivity contribution in [2.45, 2.75) is 20.1 Å². The molecule has 0 radical (unpaired) electrons. The summed E-state index contributed by atoms with van der Waals surface area (Å²) in [6.45, 7) is 3.21. The van der Waals surface area contributed by atoms with Gasteiger partial charge < -0.3 is 14.8 Å². The molecule has 1 N–H and O–H groups in total. The third-order valence-corrected chi connectivity index (χ3v) is 5.04. The molecule has 3 aromatic carbocycles. The highest BCUT2D eigenvalue weighted by atomic mass is 127. The Kier molecular flexibility index (Phi) is 7.45. The second kappa shape index (κ2) is 10.2. The molecule has 0 saturated carbocycles. The average Bonchev–Trinajstić information content (AvgIpc) is 2.73. The summed E-state index contributed by atoms with van der Waals surface area (Å²) in [5.41, 5.74) is 2.68. The Balaban J connectivity index is 1.71. The van der Waals surface area contributed by atoms with Crippen LogP contribution in [0.25, 0.3) is 0 Å². The van der Waals surface area contributed by atoms with Crippen LogP contribution in [0.3, 0.4) is 0 Å². The molecule has 0 aliphatic carbocycles. The maximum absolute atomic E-state index is 13.1. The number of nitro groups is 1. The molecule has 0 fully saturated rings. The highest BCUT2D eigenvalue weighted by molar-refractivity contribution is 14.1. The van der Waals surface area contributed by atoms with E-state index in [1.165, 1.54) is 24.3 Å². The predicted octanol–water partition coefficient (Wildman–Crippen LogP) is 5.93. The van der Waals surface area contributed by atoms with Crippen molar-refractivity contribution in [2.24, 2.45) is 0 Å². The van der Waals surface area contributed by atoms with Crippen molar-refractivity contribution in [1.29, 1.82) is 0 Å². The zero-order valence-corrected chi connectivity index (χ0v) is 18.4. The number of ether oxygens (including phenoxy) is 2. The van der Waals surface area contributed by atoms with E-state index in [1.54, 1.807) is 24.3 Å². The minimum atomic E-state index is -0.425. The number of nitrogens with zero attached hydrogens (tertiary/aromatic N) is 1. The summed E-state index contributed by atoms with van der Waals surface area (Å²) in [6.07, 6.45) is 0. The second-order valence-corrected chi connectivity index (χ2v) is 7.57. The lowest BCUT2D eigenvalue weighted by molar-refractivity contribution is -0.384. The van der Waals surface area contributed by atoms with Gasteiger partial charge in [0.1, 0.15) is 12.4 Å². The first-order chi connectivity index (χ1) is 14.5. The van der Waals surface area contributed by atoms with Crippen molar-refractivity contribution in [3.05, 3.63) is 91.3 Å². The van der Waals surface area contributed by atoms with E-state index < -0.39 is 4.92 Å². The molecule has 8 heteroatoms. The van der Waals surface area contributed by atoms with Gasteiger partial charge >= 0.3 is 0 Å². The van der Waals surface area contributed by atoms with Crippen molar-refractivity contribution >= 4 is 34.0 Å². The Morgan fingerprint density at radius 2 is 1.73 bits per heavy atom. The lowest BCUT2D eigenvalue weighted by atomic mass is 10.2. The third-order valence-electron chi connectivity index (χ3n) is 4.24. The minimum Gasteiger partial charge on any atom is -0.490 e. The summed E-state index contributed by atoms with van der Waals surface area (Å²) in [5.74, 6) is 0.987. The number of nitrogens with one attached hydrogen (secondary N) is 1. The largest absolute Gasteiger partial charge is 0.490 e. The first kappa shape index (κ1) is 21.8. The van der Waals surface area contributed by atoms with Gasteiger partial charge in [0.05, 0.1) is 15.1 Å². The van der Waals surface area contributed by atoms with E-state index in [4.69, 9.17) is 9.47 Å². The Morgan fingerprint density at radius 3 is 2.37 bits per heavy atom. The number of hydrogen-bond acceptors (Lipinski definition) is 5. The fourth-order valence-corrected chi connectivity index (χ4v) is 3.59. The van der Waals surface area contributed by atoms with E-state index in [0.717, 1.165) is 20.4 Å². The molecular formula is C22H20FIN2O4. The van der Waals surface area contributed by atoms with E-state index in [9.17, 15) is 14.5 Å². The van der Waals surface area contributed by atoms with Crippen LogP contribution in [0.15, 0.2) is 60.7 Å². The number of rotatable bonds is 9. The normalized spacial score (nSPS) is 10.5. The molecule has 0 aliphatic rings. The molecule has 3 aromatic rings. The molecule has 0 bridgehead atoms. The van der Waals surface area contributed by atoms with Gasteiger partial charge in [0.25, 0.3) is 5.69 Å². The molecule has 0 heterocycles. The summed E-state index contributed by atoms with van der Waals surface area (Å²) in [5, 5.41) is 14.0. The van der Waals surface area contributed by atoms with E-state index in [1.807, 2.05) is 19.1 Å². The van der Waals surface area contributed by atoms with Crippen LogP contribution in [0.2, 0.25) is 0 Å². The lowest BCUT2D eigenvalue weighted by Crippen LogP contribution is -2.05. The van der Waals surface area contributed by atoms with Crippen LogP contribution in [0, 0.1) is 19.5 Å². The maximum atomic E-state index is 13.1. The summed E-state index contributed by atoms with van der Waals surface area (Å²) in [4.78, 5) is 10.3. The predicted molar refractivity (Wildman–Crippen MR) is 121 cm³/mol. The van der Waals surface area contributed by atoms with Crippen LogP contribution in [-0.4, -0.2) is 11.5 Å². The molecule has 0 aromatic heterocycles. The van der Waals surface area contributed by atoms with Crippen molar-refractivity contribution in [2.75, 3.05) is 11.9 Å². The Bertz CT molecular complexity index is 1010. The molecule has 0 aliphatic heterocycles. The first-order valence-corrected chi connectivity index (χ1v) is 10.3. The van der Waals surface area contributed by atoms with Gasteiger partial charge in [-0.05, 0) is 77.0 Å². The van der Waals surface area contributed by atoms with Crippen molar-refractivity contribution in [1.82, 2.24) is 0 Å². The van der Waals surface area contributed by atoms with E-state index >= 15 is 0 Å². The Morgan fingerprint density at radius 1 is 1.03 bits per heavy atom. The van der Waals surface area contributed by atoms with Crippen LogP contribution in [0.4, 0.5) is 15.8 Å². The van der Waals surface area contributed by atoms with Gasteiger partial charge in [-0.25, -0.2) is 4.39 Å². The van der Waals surface area contributed by atoms with Gasteiger partial charge in [0.2, 0.25) is 0 Å². The van der Waals surface area contributed by atoms with Crippen molar-refractivity contribution in [3.8, 4) is 11.5 Å². The fraction of sp³-hybridized carbons (Fsp3) is 0.182. The van der Waals surface area contributed by atoms with Crippen LogP contribution in [0.5, 0.6) is 11.5 Å². The summed E-state index contributed by atoms with van der Waals surface area (Å²) < 4.78 is 25.7. The van der Waals surface area contributed by atoms with Gasteiger partial charge in [-0.2, -0.15) is 0 Å². The van der Waals surface area contributed by atoms with Gasteiger partial charge in [0.15, 0.2) is 11.5 Å². The quantitative estimate of drug-likeness (QED) is 0.214.